The second kappa shape index (κ2) is 6.07. The molecule has 0 saturated heterocycles. The van der Waals surface area contributed by atoms with Gasteiger partial charge < -0.3 is 5.32 Å². The number of carbonyl (C=O) groups excluding carboxylic acids is 1. The summed E-state index contributed by atoms with van der Waals surface area (Å²) in [6.07, 6.45) is 7.32. The van der Waals surface area contributed by atoms with E-state index in [-0.39, 0.29) is 24.1 Å². The maximum absolute atomic E-state index is 13.5. The van der Waals surface area contributed by atoms with E-state index < -0.39 is 15.7 Å². The fourth-order valence-electron chi connectivity index (χ4n) is 3.58. The number of amides is 1. The monoisotopic (exact) mass is 337 g/mol. The van der Waals surface area contributed by atoms with Gasteiger partial charge in [0.2, 0.25) is 5.91 Å². The second-order valence-electron chi connectivity index (χ2n) is 6.59. The molecule has 4 nitrogen and oxygen atoms in total. The Bertz CT molecular complexity index is 757. The average molecular weight is 337 g/mol. The summed E-state index contributed by atoms with van der Waals surface area (Å²) in [5.41, 5.74) is 1.05. The first kappa shape index (κ1) is 16.2. The number of fused-ring (bicyclic) bond motifs is 2. The Labute approximate surface area is 135 Å². The molecular weight excluding hydrogens is 317 g/mol. The molecule has 1 N–H and O–H groups in total. The summed E-state index contributed by atoms with van der Waals surface area (Å²) in [7, 11) is -3.22. The van der Waals surface area contributed by atoms with Crippen molar-refractivity contribution in [3.63, 3.8) is 0 Å². The molecule has 1 fully saturated rings. The largest absolute Gasteiger partial charge is 0.352 e. The standard InChI is InChI=1S/C17H20FNO3S/c1-23(21,22)10-13-4-5-15(18)8-14(13)9-19-17(20)16-7-11-2-3-12(16)6-11/h2-5,8,11-12,16H,6-7,9-10H2,1H3,(H,19,20)/t11-,12-,16-/m0/s1. The Hall–Kier alpha value is -1.69. The van der Waals surface area contributed by atoms with Gasteiger partial charge in [-0.15, -0.1) is 0 Å². The molecule has 0 unspecified atom stereocenters. The molecule has 0 aromatic heterocycles. The number of hydrogen-bond acceptors (Lipinski definition) is 3. The highest BCUT2D eigenvalue weighted by Gasteiger charge is 2.39. The van der Waals surface area contributed by atoms with E-state index in [0.29, 0.717) is 23.0 Å². The summed E-state index contributed by atoms with van der Waals surface area (Å²) in [6, 6.07) is 4.01. The summed E-state index contributed by atoms with van der Waals surface area (Å²) >= 11 is 0. The molecule has 2 aliphatic rings. The molecule has 1 saturated carbocycles. The molecule has 1 aromatic carbocycles. The van der Waals surface area contributed by atoms with Gasteiger partial charge in [0.05, 0.1) is 5.75 Å². The molecule has 2 aliphatic carbocycles. The summed E-state index contributed by atoms with van der Waals surface area (Å²) in [4.78, 5) is 12.3. The third-order valence-electron chi connectivity index (χ3n) is 4.65. The first-order valence-corrected chi connectivity index (χ1v) is 9.79. The molecule has 1 amide bonds. The number of hydrogen-bond donors (Lipinski definition) is 1. The van der Waals surface area contributed by atoms with Crippen LogP contribution >= 0.6 is 0 Å². The molecule has 0 heterocycles. The summed E-state index contributed by atoms with van der Waals surface area (Å²) in [5, 5.41) is 2.84. The van der Waals surface area contributed by atoms with Gasteiger partial charge in [0.15, 0.2) is 9.84 Å². The molecule has 2 bridgehead atoms. The lowest BCUT2D eigenvalue weighted by atomic mass is 9.92. The van der Waals surface area contributed by atoms with Gasteiger partial charge in [0.1, 0.15) is 5.82 Å². The third-order valence-corrected chi connectivity index (χ3v) is 5.49. The van der Waals surface area contributed by atoms with Crippen molar-refractivity contribution in [2.75, 3.05) is 6.26 Å². The predicted molar refractivity (Wildman–Crippen MR) is 85.6 cm³/mol. The Morgan fingerprint density at radius 1 is 1.26 bits per heavy atom. The highest BCUT2D eigenvalue weighted by atomic mass is 32.2. The van der Waals surface area contributed by atoms with E-state index in [1.165, 1.54) is 18.2 Å². The zero-order chi connectivity index (χ0) is 16.6. The van der Waals surface area contributed by atoms with Gasteiger partial charge in [0, 0.05) is 18.7 Å². The number of sulfone groups is 1. The zero-order valence-electron chi connectivity index (χ0n) is 13.0. The van der Waals surface area contributed by atoms with Crippen LogP contribution in [0.3, 0.4) is 0 Å². The van der Waals surface area contributed by atoms with E-state index in [2.05, 4.69) is 17.5 Å². The first-order valence-electron chi connectivity index (χ1n) is 7.73. The number of benzene rings is 1. The second-order valence-corrected chi connectivity index (χ2v) is 8.73. The molecule has 0 radical (unpaired) electrons. The highest BCUT2D eigenvalue weighted by molar-refractivity contribution is 7.89. The van der Waals surface area contributed by atoms with Crippen molar-refractivity contribution in [2.45, 2.75) is 25.1 Å². The van der Waals surface area contributed by atoms with E-state index in [1.807, 2.05) is 0 Å². The molecule has 23 heavy (non-hydrogen) atoms. The van der Waals surface area contributed by atoms with Crippen LogP contribution in [-0.2, 0) is 26.9 Å². The minimum atomic E-state index is -3.22. The van der Waals surface area contributed by atoms with Crippen LogP contribution in [-0.4, -0.2) is 20.6 Å². The van der Waals surface area contributed by atoms with Gasteiger partial charge >= 0.3 is 0 Å². The Morgan fingerprint density at radius 2 is 2.04 bits per heavy atom. The average Bonchev–Trinajstić information content (AvgIpc) is 3.08. The maximum atomic E-state index is 13.5. The van der Waals surface area contributed by atoms with Crippen LogP contribution in [0.2, 0.25) is 0 Å². The highest BCUT2D eigenvalue weighted by Crippen LogP contribution is 2.43. The van der Waals surface area contributed by atoms with Gasteiger partial charge in [-0.2, -0.15) is 0 Å². The van der Waals surface area contributed by atoms with Gasteiger partial charge in [-0.1, -0.05) is 18.2 Å². The Kier molecular flexibility index (Phi) is 4.27. The van der Waals surface area contributed by atoms with Crippen LogP contribution in [0.4, 0.5) is 4.39 Å². The molecule has 124 valence electrons. The van der Waals surface area contributed by atoms with E-state index in [9.17, 15) is 17.6 Å². The number of allylic oxidation sites excluding steroid dienone is 2. The van der Waals surface area contributed by atoms with E-state index in [0.717, 1.165) is 19.1 Å². The van der Waals surface area contributed by atoms with Gasteiger partial charge in [-0.25, -0.2) is 12.8 Å². The van der Waals surface area contributed by atoms with E-state index in [4.69, 9.17) is 0 Å². The maximum Gasteiger partial charge on any atom is 0.223 e. The fourth-order valence-corrected chi connectivity index (χ4v) is 4.42. The summed E-state index contributed by atoms with van der Waals surface area (Å²) in [6.45, 7) is 0.152. The van der Waals surface area contributed by atoms with Gasteiger partial charge in [0.25, 0.3) is 0 Å². The smallest absolute Gasteiger partial charge is 0.223 e. The minimum absolute atomic E-state index is 0.0167. The van der Waals surface area contributed by atoms with Crippen molar-refractivity contribution in [3.05, 3.63) is 47.3 Å². The fraction of sp³-hybridized carbons (Fsp3) is 0.471. The number of halogens is 1. The van der Waals surface area contributed by atoms with Crippen molar-refractivity contribution >= 4 is 15.7 Å². The van der Waals surface area contributed by atoms with E-state index >= 15 is 0 Å². The van der Waals surface area contributed by atoms with Gasteiger partial charge in [-0.3, -0.25) is 4.79 Å². The molecule has 3 atom stereocenters. The zero-order valence-corrected chi connectivity index (χ0v) is 13.8. The molecule has 6 heteroatoms. The van der Waals surface area contributed by atoms with Crippen molar-refractivity contribution in [1.82, 2.24) is 5.32 Å². The molecule has 3 rings (SSSR count). The van der Waals surface area contributed by atoms with Crippen molar-refractivity contribution in [2.24, 2.45) is 17.8 Å². The first-order chi connectivity index (χ1) is 10.8. The van der Waals surface area contributed by atoms with Crippen LogP contribution < -0.4 is 5.32 Å². The van der Waals surface area contributed by atoms with Crippen molar-refractivity contribution in [3.8, 4) is 0 Å². The van der Waals surface area contributed by atoms with E-state index in [1.54, 1.807) is 0 Å². The van der Waals surface area contributed by atoms with Crippen LogP contribution in [0.1, 0.15) is 24.0 Å². The normalized spacial score (nSPS) is 25.7. The quantitative estimate of drug-likeness (QED) is 0.838. The minimum Gasteiger partial charge on any atom is -0.352 e. The summed E-state index contributed by atoms with van der Waals surface area (Å²) in [5.74, 6) is 0.173. The van der Waals surface area contributed by atoms with Crippen molar-refractivity contribution in [1.29, 1.82) is 0 Å². The number of nitrogens with one attached hydrogen (secondary N) is 1. The molecule has 0 aliphatic heterocycles. The van der Waals surface area contributed by atoms with Gasteiger partial charge in [-0.05, 0) is 47.9 Å². The predicted octanol–water partition coefficient (Wildman–Crippen LogP) is 2.20. The summed E-state index contributed by atoms with van der Waals surface area (Å²) < 4.78 is 36.4. The number of rotatable bonds is 5. The van der Waals surface area contributed by atoms with Crippen LogP contribution in [0.15, 0.2) is 30.4 Å². The molecule has 0 spiro atoms. The van der Waals surface area contributed by atoms with Crippen LogP contribution in [0.25, 0.3) is 0 Å². The SMILES string of the molecule is CS(=O)(=O)Cc1ccc(F)cc1CNC(=O)[C@H]1C[C@H]2C=C[C@H]1C2. The molecule has 1 aromatic rings. The van der Waals surface area contributed by atoms with Crippen molar-refractivity contribution < 1.29 is 17.6 Å². The topological polar surface area (TPSA) is 63.2 Å². The lowest BCUT2D eigenvalue weighted by Gasteiger charge is -2.18. The van der Waals surface area contributed by atoms with Crippen LogP contribution in [0, 0.1) is 23.6 Å². The lowest BCUT2D eigenvalue weighted by Crippen LogP contribution is -2.32. The molecular formula is C17H20FNO3S. The Morgan fingerprint density at radius 3 is 2.65 bits per heavy atom. The number of carbonyl (C=O) groups is 1. The van der Waals surface area contributed by atoms with Crippen LogP contribution in [0.5, 0.6) is 0 Å². The third kappa shape index (κ3) is 3.80. The Balaban J connectivity index is 1.69. The lowest BCUT2D eigenvalue weighted by molar-refractivity contribution is -0.125.